The van der Waals surface area contributed by atoms with E-state index in [-0.39, 0.29) is 18.7 Å². The first-order chi connectivity index (χ1) is 12.9. The fourth-order valence-corrected chi connectivity index (χ4v) is 4.57. The number of benzene rings is 1. The van der Waals surface area contributed by atoms with Gasteiger partial charge in [-0.15, -0.1) is 0 Å². The summed E-state index contributed by atoms with van der Waals surface area (Å²) in [6.07, 6.45) is 8.17. The molecule has 5 heteroatoms. The summed E-state index contributed by atoms with van der Waals surface area (Å²) in [6.45, 7) is 5.25. The molecule has 148 valence electrons. The molecule has 5 nitrogen and oxygen atoms in total. The van der Waals surface area contributed by atoms with Crippen molar-refractivity contribution in [1.82, 2.24) is 9.80 Å². The van der Waals surface area contributed by atoms with E-state index in [0.29, 0.717) is 18.0 Å². The molecule has 0 spiro atoms. The second-order valence-corrected chi connectivity index (χ2v) is 8.11. The SMILES string of the molecule is CC(C)C1N(C)C=CN1CCOC(=O)C(O)(c1ccccc1)C1CCCC1. The third kappa shape index (κ3) is 3.98. The predicted octanol–water partition coefficient (Wildman–Crippen LogP) is 3.31. The molecule has 1 fully saturated rings. The van der Waals surface area contributed by atoms with E-state index < -0.39 is 11.6 Å². The standard InChI is InChI=1S/C22H32N2O3/c1-17(2)20-23(3)13-14-24(20)15-16-27-21(25)22(26,19-11-7-8-12-19)18-9-5-4-6-10-18/h4-6,9-10,13-14,17,19-20,26H,7-8,11-12,15-16H2,1-3H3. The van der Waals surface area contributed by atoms with Crippen LogP contribution in [-0.2, 0) is 15.1 Å². The Bertz CT molecular complexity index is 655. The highest BCUT2D eigenvalue weighted by Crippen LogP contribution is 2.41. The van der Waals surface area contributed by atoms with Crippen molar-refractivity contribution in [2.75, 3.05) is 20.2 Å². The average molecular weight is 373 g/mol. The highest BCUT2D eigenvalue weighted by atomic mass is 16.5. The van der Waals surface area contributed by atoms with Gasteiger partial charge in [-0.3, -0.25) is 0 Å². The maximum absolute atomic E-state index is 13.0. The number of ether oxygens (including phenoxy) is 1. The summed E-state index contributed by atoms with van der Waals surface area (Å²) in [5.41, 5.74) is -0.907. The number of hydrogen-bond donors (Lipinski definition) is 1. The Labute approximate surface area is 162 Å². The quantitative estimate of drug-likeness (QED) is 0.744. The first-order valence-corrected chi connectivity index (χ1v) is 10.1. The molecule has 1 aromatic rings. The highest BCUT2D eigenvalue weighted by molar-refractivity contribution is 5.81. The number of hydrogen-bond acceptors (Lipinski definition) is 5. The molecule has 1 heterocycles. The molecule has 27 heavy (non-hydrogen) atoms. The second-order valence-electron chi connectivity index (χ2n) is 8.11. The minimum Gasteiger partial charge on any atom is -0.461 e. The number of nitrogens with zero attached hydrogens (tertiary/aromatic N) is 2. The van der Waals surface area contributed by atoms with Gasteiger partial charge in [-0.25, -0.2) is 4.79 Å². The molecule has 1 aromatic carbocycles. The Morgan fingerprint density at radius 2 is 1.89 bits per heavy atom. The number of rotatable bonds is 7. The maximum atomic E-state index is 13.0. The Morgan fingerprint density at radius 1 is 1.22 bits per heavy atom. The van der Waals surface area contributed by atoms with E-state index in [1.807, 2.05) is 42.7 Å². The molecule has 0 amide bonds. The summed E-state index contributed by atoms with van der Waals surface area (Å²) < 4.78 is 5.62. The van der Waals surface area contributed by atoms with Crippen molar-refractivity contribution >= 4 is 5.97 Å². The van der Waals surface area contributed by atoms with Gasteiger partial charge >= 0.3 is 5.97 Å². The molecule has 0 bridgehead atoms. The third-order valence-electron chi connectivity index (χ3n) is 5.90. The lowest BCUT2D eigenvalue weighted by atomic mass is 9.80. The van der Waals surface area contributed by atoms with Crippen LogP contribution in [0.15, 0.2) is 42.7 Å². The van der Waals surface area contributed by atoms with Crippen LogP contribution >= 0.6 is 0 Å². The average Bonchev–Trinajstić information content (AvgIpc) is 3.32. The van der Waals surface area contributed by atoms with Gasteiger partial charge < -0.3 is 19.6 Å². The monoisotopic (exact) mass is 372 g/mol. The Hall–Kier alpha value is -2.01. The first kappa shape index (κ1) is 19.7. The first-order valence-electron chi connectivity index (χ1n) is 10.1. The van der Waals surface area contributed by atoms with E-state index in [1.54, 1.807) is 0 Å². The van der Waals surface area contributed by atoms with Crippen molar-refractivity contribution in [3.63, 3.8) is 0 Å². The zero-order chi connectivity index (χ0) is 19.4. The van der Waals surface area contributed by atoms with Crippen molar-refractivity contribution < 1.29 is 14.6 Å². The molecule has 0 aromatic heterocycles. The molecule has 0 radical (unpaired) electrons. The van der Waals surface area contributed by atoms with E-state index in [0.717, 1.165) is 25.7 Å². The van der Waals surface area contributed by atoms with Gasteiger partial charge in [-0.1, -0.05) is 57.0 Å². The molecule has 1 aliphatic heterocycles. The van der Waals surface area contributed by atoms with Crippen molar-refractivity contribution in [1.29, 1.82) is 0 Å². The van der Waals surface area contributed by atoms with E-state index in [9.17, 15) is 9.90 Å². The maximum Gasteiger partial charge on any atom is 0.343 e. The van der Waals surface area contributed by atoms with E-state index in [4.69, 9.17) is 4.74 Å². The molecule has 3 rings (SSSR count). The van der Waals surface area contributed by atoms with E-state index >= 15 is 0 Å². The zero-order valence-electron chi connectivity index (χ0n) is 16.7. The Kier molecular flexibility index (Phi) is 6.10. The molecular formula is C22H32N2O3. The van der Waals surface area contributed by atoms with Crippen LogP contribution in [0.4, 0.5) is 0 Å². The van der Waals surface area contributed by atoms with Gasteiger partial charge in [0.25, 0.3) is 0 Å². The van der Waals surface area contributed by atoms with Crippen LogP contribution in [0.5, 0.6) is 0 Å². The molecule has 1 saturated carbocycles. The van der Waals surface area contributed by atoms with Gasteiger partial charge in [0.2, 0.25) is 0 Å². The van der Waals surface area contributed by atoms with Crippen LogP contribution in [0.1, 0.15) is 45.1 Å². The topological polar surface area (TPSA) is 53.0 Å². The predicted molar refractivity (Wildman–Crippen MR) is 105 cm³/mol. The number of esters is 1. The molecule has 0 saturated heterocycles. The van der Waals surface area contributed by atoms with Crippen LogP contribution in [0.25, 0.3) is 0 Å². The lowest BCUT2D eigenvalue weighted by Gasteiger charge is -2.34. The third-order valence-corrected chi connectivity index (χ3v) is 5.90. The van der Waals surface area contributed by atoms with Gasteiger partial charge in [-0.2, -0.15) is 0 Å². The van der Waals surface area contributed by atoms with Crippen LogP contribution in [0.2, 0.25) is 0 Å². The molecule has 2 aliphatic rings. The molecule has 2 atom stereocenters. The molecular weight excluding hydrogens is 340 g/mol. The summed E-state index contributed by atoms with van der Waals surface area (Å²) >= 11 is 0. The fraction of sp³-hybridized carbons (Fsp3) is 0.591. The fourth-order valence-electron chi connectivity index (χ4n) is 4.57. The van der Waals surface area contributed by atoms with Gasteiger partial charge in [0.05, 0.1) is 6.54 Å². The van der Waals surface area contributed by atoms with Crippen molar-refractivity contribution in [3.8, 4) is 0 Å². The minimum absolute atomic E-state index is 0.0753. The lowest BCUT2D eigenvalue weighted by molar-refractivity contribution is -0.174. The summed E-state index contributed by atoms with van der Waals surface area (Å²) in [5.74, 6) is -0.132. The van der Waals surface area contributed by atoms with Crippen molar-refractivity contribution in [2.24, 2.45) is 11.8 Å². The summed E-state index contributed by atoms with van der Waals surface area (Å²) in [4.78, 5) is 17.3. The lowest BCUT2D eigenvalue weighted by Crippen LogP contribution is -2.45. The minimum atomic E-state index is -1.55. The summed E-state index contributed by atoms with van der Waals surface area (Å²) in [5, 5.41) is 11.4. The normalized spacial score (nSPS) is 22.5. The highest BCUT2D eigenvalue weighted by Gasteiger charge is 2.47. The van der Waals surface area contributed by atoms with Crippen molar-refractivity contribution in [2.45, 2.75) is 51.3 Å². The molecule has 1 aliphatic carbocycles. The number of carbonyl (C=O) groups is 1. The van der Waals surface area contributed by atoms with Crippen LogP contribution < -0.4 is 0 Å². The number of aliphatic hydroxyl groups is 1. The number of carbonyl (C=O) groups excluding carboxylic acids is 1. The van der Waals surface area contributed by atoms with Gasteiger partial charge in [0.15, 0.2) is 5.60 Å². The second kappa shape index (κ2) is 8.34. The van der Waals surface area contributed by atoms with E-state index in [1.165, 1.54) is 0 Å². The van der Waals surface area contributed by atoms with Crippen LogP contribution in [-0.4, -0.2) is 47.2 Å². The summed E-state index contributed by atoms with van der Waals surface area (Å²) in [7, 11) is 2.06. The molecule has 1 N–H and O–H groups in total. The van der Waals surface area contributed by atoms with Gasteiger partial charge in [0, 0.05) is 25.4 Å². The van der Waals surface area contributed by atoms with Crippen LogP contribution in [0, 0.1) is 11.8 Å². The van der Waals surface area contributed by atoms with Gasteiger partial charge in [0.1, 0.15) is 12.8 Å². The van der Waals surface area contributed by atoms with Crippen molar-refractivity contribution in [3.05, 3.63) is 48.3 Å². The Balaban J connectivity index is 1.66. The zero-order valence-corrected chi connectivity index (χ0v) is 16.7. The smallest absolute Gasteiger partial charge is 0.343 e. The largest absolute Gasteiger partial charge is 0.461 e. The Morgan fingerprint density at radius 3 is 2.52 bits per heavy atom. The van der Waals surface area contributed by atoms with Gasteiger partial charge in [-0.05, 0) is 24.3 Å². The van der Waals surface area contributed by atoms with E-state index in [2.05, 4.69) is 30.7 Å². The van der Waals surface area contributed by atoms with Crippen LogP contribution in [0.3, 0.4) is 0 Å². The summed E-state index contributed by atoms with van der Waals surface area (Å²) in [6, 6.07) is 9.27. The molecule has 2 unspecified atom stereocenters.